The minimum absolute atomic E-state index is 0.0409. The number of hydrogen-bond acceptors (Lipinski definition) is 1. The molecule has 0 unspecified atom stereocenters. The van der Waals surface area contributed by atoms with Crippen LogP contribution in [0.25, 0.3) is 21.5 Å². The molecule has 4 aromatic rings. The van der Waals surface area contributed by atoms with Crippen LogP contribution in [0.3, 0.4) is 0 Å². The van der Waals surface area contributed by atoms with Crippen LogP contribution in [0.1, 0.15) is 58.1 Å². The maximum Gasteiger partial charge on any atom is 0.217 e. The SMILES string of the molecule is CN1/C(=C/C=C2C=C(/C=C/C3=[N+](C)c4c(ccc5ccccc45)C3(C)C)CCC/2)C(C)(C)c2ccc3ccccc3c21. The lowest BCUT2D eigenvalue weighted by molar-refractivity contribution is -0.399. The zero-order chi connectivity index (χ0) is 29.2. The van der Waals surface area contributed by atoms with Crippen LogP contribution in [-0.2, 0) is 10.8 Å². The molecule has 0 N–H and O–H groups in total. The molecule has 0 radical (unpaired) electrons. The van der Waals surface area contributed by atoms with E-state index >= 15 is 0 Å². The Morgan fingerprint density at radius 1 is 0.714 bits per heavy atom. The van der Waals surface area contributed by atoms with Crippen LogP contribution in [0.2, 0.25) is 0 Å². The predicted octanol–water partition coefficient (Wildman–Crippen LogP) is 9.90. The van der Waals surface area contributed by atoms with Crippen LogP contribution in [-0.4, -0.2) is 24.4 Å². The van der Waals surface area contributed by atoms with Gasteiger partial charge in [-0.2, -0.15) is 4.58 Å². The molecule has 0 bridgehead atoms. The number of nitrogens with zero attached hydrogens (tertiary/aromatic N) is 2. The maximum atomic E-state index is 2.42. The van der Waals surface area contributed by atoms with Crippen LogP contribution in [0.4, 0.5) is 11.4 Å². The van der Waals surface area contributed by atoms with E-state index in [0.717, 1.165) is 12.8 Å². The summed E-state index contributed by atoms with van der Waals surface area (Å²) in [6, 6.07) is 26.7. The summed E-state index contributed by atoms with van der Waals surface area (Å²) in [6.07, 6.45) is 15.3. The summed E-state index contributed by atoms with van der Waals surface area (Å²) in [5, 5.41) is 5.27. The number of hydrogen-bond donors (Lipinski definition) is 0. The second-order valence-electron chi connectivity index (χ2n) is 13.3. The molecule has 0 spiro atoms. The lowest BCUT2D eigenvalue weighted by atomic mass is 9.80. The topological polar surface area (TPSA) is 6.25 Å². The number of benzene rings is 4. The van der Waals surface area contributed by atoms with Gasteiger partial charge in [0.25, 0.3) is 0 Å². The Bertz CT molecular complexity index is 1920. The molecule has 210 valence electrons. The molecule has 2 aliphatic heterocycles. The third kappa shape index (κ3) is 4.03. The normalized spacial score (nSPS) is 21.2. The number of likely N-dealkylation sites (N-methyl/N-ethyl adjacent to an activating group) is 1. The average molecular weight is 550 g/mol. The van der Waals surface area contributed by atoms with Gasteiger partial charge in [0.15, 0.2) is 5.71 Å². The maximum absolute atomic E-state index is 2.42. The lowest BCUT2D eigenvalue weighted by Gasteiger charge is -2.24. The van der Waals surface area contributed by atoms with Crippen molar-refractivity contribution >= 4 is 38.6 Å². The van der Waals surface area contributed by atoms with Crippen molar-refractivity contribution < 1.29 is 4.58 Å². The van der Waals surface area contributed by atoms with Crippen LogP contribution in [0, 0.1) is 0 Å². The molecule has 2 heteroatoms. The van der Waals surface area contributed by atoms with Gasteiger partial charge in [0, 0.05) is 35.2 Å². The van der Waals surface area contributed by atoms with E-state index < -0.39 is 0 Å². The van der Waals surface area contributed by atoms with Crippen molar-refractivity contribution in [2.24, 2.45) is 0 Å². The quantitative estimate of drug-likeness (QED) is 0.231. The first-order valence-electron chi connectivity index (χ1n) is 15.4. The van der Waals surface area contributed by atoms with Crippen LogP contribution >= 0.6 is 0 Å². The first-order valence-corrected chi connectivity index (χ1v) is 15.4. The summed E-state index contributed by atoms with van der Waals surface area (Å²) in [4.78, 5) is 2.41. The van der Waals surface area contributed by atoms with Gasteiger partial charge < -0.3 is 4.90 Å². The Morgan fingerprint density at radius 2 is 1.38 bits per heavy atom. The number of rotatable bonds is 3. The van der Waals surface area contributed by atoms with Crippen molar-refractivity contribution in [2.45, 2.75) is 57.8 Å². The molecule has 0 fully saturated rings. The lowest BCUT2D eigenvalue weighted by Crippen LogP contribution is -2.26. The molecule has 1 aliphatic carbocycles. The van der Waals surface area contributed by atoms with E-state index in [1.807, 2.05) is 0 Å². The van der Waals surface area contributed by atoms with Gasteiger partial charge in [-0.05, 0) is 72.7 Å². The first kappa shape index (κ1) is 26.7. The molecule has 42 heavy (non-hydrogen) atoms. The van der Waals surface area contributed by atoms with Crippen LogP contribution in [0.15, 0.2) is 120 Å². The van der Waals surface area contributed by atoms with E-state index in [9.17, 15) is 0 Å². The van der Waals surface area contributed by atoms with E-state index in [1.54, 1.807) is 0 Å². The van der Waals surface area contributed by atoms with E-state index in [4.69, 9.17) is 0 Å². The van der Waals surface area contributed by atoms with Gasteiger partial charge in [-0.25, -0.2) is 0 Å². The molecule has 0 saturated carbocycles. The molecule has 0 saturated heterocycles. The summed E-state index contributed by atoms with van der Waals surface area (Å²) in [6.45, 7) is 9.43. The number of allylic oxidation sites excluding steroid dienone is 8. The highest BCUT2D eigenvalue weighted by Gasteiger charge is 2.44. The van der Waals surface area contributed by atoms with Gasteiger partial charge in [0.2, 0.25) is 5.69 Å². The summed E-state index contributed by atoms with van der Waals surface area (Å²) in [5.74, 6) is 0. The van der Waals surface area contributed by atoms with Crippen molar-refractivity contribution in [2.75, 3.05) is 19.0 Å². The van der Waals surface area contributed by atoms with Gasteiger partial charge in [0.1, 0.15) is 7.05 Å². The number of fused-ring (bicyclic) bond motifs is 6. The largest absolute Gasteiger partial charge is 0.347 e. The van der Waals surface area contributed by atoms with E-state index in [-0.39, 0.29) is 10.8 Å². The van der Waals surface area contributed by atoms with Crippen molar-refractivity contribution in [3.63, 3.8) is 0 Å². The summed E-state index contributed by atoms with van der Waals surface area (Å²) in [5.41, 5.74) is 11.0. The van der Waals surface area contributed by atoms with Gasteiger partial charge in [0.05, 0.1) is 16.5 Å². The van der Waals surface area contributed by atoms with Crippen molar-refractivity contribution in [3.05, 3.63) is 131 Å². The Kier molecular flexibility index (Phi) is 6.17. The summed E-state index contributed by atoms with van der Waals surface area (Å²) >= 11 is 0. The fraction of sp³-hybridized carbons (Fsp3) is 0.275. The summed E-state index contributed by atoms with van der Waals surface area (Å²) < 4.78 is 2.41. The van der Waals surface area contributed by atoms with E-state index in [2.05, 4.69) is 154 Å². The number of anilines is 1. The molecule has 2 heterocycles. The van der Waals surface area contributed by atoms with Crippen LogP contribution < -0.4 is 4.90 Å². The Morgan fingerprint density at radius 3 is 2.14 bits per heavy atom. The molecule has 7 rings (SSSR count). The van der Waals surface area contributed by atoms with Crippen molar-refractivity contribution in [3.8, 4) is 0 Å². The molecule has 0 atom stereocenters. The second kappa shape index (κ2) is 9.70. The summed E-state index contributed by atoms with van der Waals surface area (Å²) in [7, 11) is 4.46. The highest BCUT2D eigenvalue weighted by Crippen LogP contribution is 2.50. The minimum atomic E-state index is -0.0409. The Hall–Kier alpha value is -4.17. The predicted molar refractivity (Wildman–Crippen MR) is 180 cm³/mol. The Balaban J connectivity index is 1.20. The molecule has 3 aliphatic rings. The minimum Gasteiger partial charge on any atom is -0.347 e. The molecular formula is C40H41N2+. The van der Waals surface area contributed by atoms with Gasteiger partial charge >= 0.3 is 0 Å². The van der Waals surface area contributed by atoms with Crippen molar-refractivity contribution in [1.29, 1.82) is 0 Å². The van der Waals surface area contributed by atoms with Crippen LogP contribution in [0.5, 0.6) is 0 Å². The third-order valence-corrected chi connectivity index (χ3v) is 10.0. The molecule has 0 amide bonds. The fourth-order valence-electron chi connectivity index (χ4n) is 7.75. The van der Waals surface area contributed by atoms with E-state index in [0.29, 0.717) is 0 Å². The molecule has 0 aromatic heterocycles. The molecule has 4 aromatic carbocycles. The molecular weight excluding hydrogens is 508 g/mol. The molecule has 2 nitrogen and oxygen atoms in total. The van der Waals surface area contributed by atoms with Gasteiger partial charge in [-0.15, -0.1) is 0 Å². The van der Waals surface area contributed by atoms with Crippen molar-refractivity contribution in [1.82, 2.24) is 0 Å². The zero-order valence-corrected chi connectivity index (χ0v) is 25.8. The average Bonchev–Trinajstić information content (AvgIpc) is 3.32. The smallest absolute Gasteiger partial charge is 0.217 e. The zero-order valence-electron chi connectivity index (χ0n) is 25.8. The highest BCUT2D eigenvalue weighted by molar-refractivity contribution is 6.07. The standard InChI is InChI=1S/C40H41N2/c1-39(2)33-22-20-29-14-7-9-16-31(29)37(33)41(5)35(39)24-18-27-12-11-13-28(26-27)19-25-36-40(3,4)34-23-21-30-15-8-10-17-32(30)38(34)42(36)6/h7-10,14-26H,11-13H2,1-6H3/q+1. The van der Waals surface area contributed by atoms with Gasteiger partial charge in [-0.3, -0.25) is 0 Å². The highest BCUT2D eigenvalue weighted by atomic mass is 15.2. The monoisotopic (exact) mass is 549 g/mol. The third-order valence-electron chi connectivity index (χ3n) is 10.0. The first-order chi connectivity index (χ1) is 20.2. The fourth-order valence-corrected chi connectivity index (χ4v) is 7.75. The Labute approximate surface area is 250 Å². The second-order valence-corrected chi connectivity index (χ2v) is 13.3. The van der Waals surface area contributed by atoms with E-state index in [1.165, 1.54) is 73.0 Å². The van der Waals surface area contributed by atoms with Gasteiger partial charge in [-0.1, -0.05) is 98.8 Å².